The average Bonchev–Trinajstić information content (AvgIpc) is 3.07. The van der Waals surface area contributed by atoms with Crippen molar-refractivity contribution < 1.29 is 4.79 Å². The van der Waals surface area contributed by atoms with Gasteiger partial charge in [-0.25, -0.2) is 0 Å². The third-order valence-corrected chi connectivity index (χ3v) is 10.4. The number of carbonyl (C=O) groups is 1. The number of fused-ring (bicyclic) bond motifs is 5. The normalized spacial score (nSPS) is 47.3. The Kier molecular flexibility index (Phi) is 7.24. The SMILES string of the molecule is CC.CC[C@H]1C(=O)C2C3CCC([C@H](C)CCN)C3(C)CC[C@@H]2C2(C)CCCCC12. The zero-order valence-electron chi connectivity index (χ0n) is 20.3. The third-order valence-electron chi connectivity index (χ3n) is 10.4. The molecule has 0 aromatic rings. The zero-order chi connectivity index (χ0) is 21.4. The van der Waals surface area contributed by atoms with Crippen molar-refractivity contribution in [2.24, 2.45) is 58.0 Å². The van der Waals surface area contributed by atoms with Crippen molar-refractivity contribution >= 4 is 5.78 Å². The van der Waals surface area contributed by atoms with Crippen LogP contribution in [-0.2, 0) is 4.79 Å². The Morgan fingerprint density at radius 2 is 1.66 bits per heavy atom. The quantitative estimate of drug-likeness (QED) is 0.557. The zero-order valence-corrected chi connectivity index (χ0v) is 20.3. The van der Waals surface area contributed by atoms with Gasteiger partial charge in [0.2, 0.25) is 0 Å². The highest BCUT2D eigenvalue weighted by Crippen LogP contribution is 2.68. The minimum absolute atomic E-state index is 0.347. The molecule has 6 unspecified atom stereocenters. The standard InChI is InChI=1S/C25H43NO.C2H6/c1-5-17-19-8-6-7-13-24(19,3)21-11-14-25(4)18(16(2)12-15-26)9-10-20(25)22(21)23(17)27;1-2/h16-22H,5-15,26H2,1-4H3;1-2H3/t16-,17-,18?,19?,20?,21+,22?,24?,25?;/m1./s1. The lowest BCUT2D eigenvalue weighted by Gasteiger charge is -2.62. The predicted octanol–water partition coefficient (Wildman–Crippen LogP) is 6.86. The Bertz CT molecular complexity index is 573. The molecule has 2 N–H and O–H groups in total. The van der Waals surface area contributed by atoms with Gasteiger partial charge in [0, 0.05) is 11.8 Å². The van der Waals surface area contributed by atoms with E-state index in [1.165, 1.54) is 51.4 Å². The van der Waals surface area contributed by atoms with E-state index in [1.54, 1.807) is 0 Å². The molecule has 0 amide bonds. The second-order valence-electron chi connectivity index (χ2n) is 11.3. The molecule has 4 fully saturated rings. The van der Waals surface area contributed by atoms with E-state index in [9.17, 15) is 4.79 Å². The van der Waals surface area contributed by atoms with Crippen LogP contribution in [0, 0.1) is 52.3 Å². The third kappa shape index (κ3) is 3.54. The fraction of sp³-hybridized carbons (Fsp3) is 0.963. The molecule has 0 saturated heterocycles. The largest absolute Gasteiger partial charge is 0.330 e. The molecular weight excluding hydrogens is 354 g/mol. The number of hydrogen-bond acceptors (Lipinski definition) is 2. The highest BCUT2D eigenvalue weighted by atomic mass is 16.1. The van der Waals surface area contributed by atoms with Crippen LogP contribution in [0.15, 0.2) is 0 Å². The molecule has 0 radical (unpaired) electrons. The number of carbonyl (C=O) groups excluding carboxylic acids is 1. The monoisotopic (exact) mass is 403 g/mol. The van der Waals surface area contributed by atoms with Gasteiger partial charge in [-0.3, -0.25) is 4.79 Å². The molecule has 4 aliphatic carbocycles. The van der Waals surface area contributed by atoms with Gasteiger partial charge < -0.3 is 5.73 Å². The number of Topliss-reactive ketones (excluding diaryl/α,β-unsaturated/α-hetero) is 1. The molecular formula is C27H49NO. The van der Waals surface area contributed by atoms with Gasteiger partial charge in [0.15, 0.2) is 0 Å². The molecule has 9 atom stereocenters. The van der Waals surface area contributed by atoms with Crippen LogP contribution < -0.4 is 5.73 Å². The first-order valence-corrected chi connectivity index (χ1v) is 13.1. The van der Waals surface area contributed by atoms with E-state index in [2.05, 4.69) is 27.7 Å². The van der Waals surface area contributed by atoms with Crippen LogP contribution in [0.25, 0.3) is 0 Å². The molecule has 0 aliphatic heterocycles. The van der Waals surface area contributed by atoms with E-state index in [0.29, 0.717) is 52.1 Å². The molecule has 2 nitrogen and oxygen atoms in total. The van der Waals surface area contributed by atoms with E-state index < -0.39 is 0 Å². The lowest BCUT2D eigenvalue weighted by atomic mass is 9.42. The fourth-order valence-corrected chi connectivity index (χ4v) is 9.15. The van der Waals surface area contributed by atoms with Crippen molar-refractivity contribution in [2.75, 3.05) is 6.54 Å². The average molecular weight is 404 g/mol. The number of nitrogens with two attached hydrogens (primary N) is 1. The Morgan fingerprint density at radius 3 is 2.31 bits per heavy atom. The number of hydrogen-bond donors (Lipinski definition) is 1. The van der Waals surface area contributed by atoms with Crippen LogP contribution in [0.3, 0.4) is 0 Å². The van der Waals surface area contributed by atoms with E-state index in [4.69, 9.17) is 5.73 Å². The Morgan fingerprint density at radius 1 is 0.966 bits per heavy atom. The lowest BCUT2D eigenvalue weighted by Crippen LogP contribution is -2.59. The molecule has 0 aromatic carbocycles. The first-order valence-electron chi connectivity index (χ1n) is 13.1. The molecule has 0 bridgehead atoms. The summed E-state index contributed by atoms with van der Waals surface area (Å²) < 4.78 is 0. The summed E-state index contributed by atoms with van der Waals surface area (Å²) in [5, 5.41) is 0. The van der Waals surface area contributed by atoms with Gasteiger partial charge in [0.1, 0.15) is 5.78 Å². The van der Waals surface area contributed by atoms with Crippen LogP contribution in [0.1, 0.15) is 106 Å². The van der Waals surface area contributed by atoms with Crippen molar-refractivity contribution in [3.8, 4) is 0 Å². The molecule has 29 heavy (non-hydrogen) atoms. The summed E-state index contributed by atoms with van der Waals surface area (Å²) in [5.41, 5.74) is 6.72. The van der Waals surface area contributed by atoms with E-state index in [0.717, 1.165) is 25.3 Å². The summed E-state index contributed by atoms with van der Waals surface area (Å²) in [4.78, 5) is 13.9. The highest BCUT2D eigenvalue weighted by Gasteiger charge is 2.64. The smallest absolute Gasteiger partial charge is 0.139 e. The molecule has 168 valence electrons. The van der Waals surface area contributed by atoms with Crippen molar-refractivity contribution in [2.45, 2.75) is 106 Å². The number of ketones is 1. The maximum atomic E-state index is 13.9. The molecule has 4 saturated carbocycles. The van der Waals surface area contributed by atoms with Gasteiger partial charge in [-0.05, 0) is 98.3 Å². The van der Waals surface area contributed by atoms with Crippen molar-refractivity contribution in [1.82, 2.24) is 0 Å². The highest BCUT2D eigenvalue weighted by molar-refractivity contribution is 5.86. The van der Waals surface area contributed by atoms with Crippen molar-refractivity contribution in [3.63, 3.8) is 0 Å². The second-order valence-corrected chi connectivity index (χ2v) is 11.3. The van der Waals surface area contributed by atoms with E-state index >= 15 is 0 Å². The van der Waals surface area contributed by atoms with Gasteiger partial charge in [0.05, 0.1) is 0 Å². The van der Waals surface area contributed by atoms with Gasteiger partial charge in [-0.15, -0.1) is 0 Å². The van der Waals surface area contributed by atoms with Crippen molar-refractivity contribution in [3.05, 3.63) is 0 Å². The van der Waals surface area contributed by atoms with Gasteiger partial charge in [-0.2, -0.15) is 0 Å². The Balaban J connectivity index is 0.00000117. The van der Waals surface area contributed by atoms with Crippen LogP contribution in [0.5, 0.6) is 0 Å². The Hall–Kier alpha value is -0.370. The first-order chi connectivity index (χ1) is 13.9. The second kappa shape index (κ2) is 9.01. The van der Waals surface area contributed by atoms with Crippen molar-refractivity contribution in [1.29, 1.82) is 0 Å². The maximum Gasteiger partial charge on any atom is 0.139 e. The van der Waals surface area contributed by atoms with Gasteiger partial charge in [-0.1, -0.05) is 54.4 Å². The Labute approximate surface area is 181 Å². The molecule has 4 rings (SSSR count). The minimum atomic E-state index is 0.347. The van der Waals surface area contributed by atoms with Crippen LogP contribution in [0.4, 0.5) is 0 Å². The first kappa shape index (κ1) is 23.3. The van der Waals surface area contributed by atoms with E-state index in [1.807, 2.05) is 13.8 Å². The number of rotatable bonds is 4. The molecule has 0 aromatic heterocycles. The summed E-state index contributed by atoms with van der Waals surface area (Å²) >= 11 is 0. The topological polar surface area (TPSA) is 43.1 Å². The lowest BCUT2D eigenvalue weighted by molar-refractivity contribution is -0.168. The maximum absolute atomic E-state index is 13.9. The minimum Gasteiger partial charge on any atom is -0.330 e. The molecule has 0 heterocycles. The van der Waals surface area contributed by atoms with Crippen LogP contribution >= 0.6 is 0 Å². The van der Waals surface area contributed by atoms with E-state index in [-0.39, 0.29) is 0 Å². The van der Waals surface area contributed by atoms with Crippen LogP contribution in [-0.4, -0.2) is 12.3 Å². The fourth-order valence-electron chi connectivity index (χ4n) is 9.15. The summed E-state index contributed by atoms with van der Waals surface area (Å²) in [6.07, 6.45) is 12.9. The summed E-state index contributed by atoms with van der Waals surface area (Å²) in [5.74, 6) is 4.86. The summed E-state index contributed by atoms with van der Waals surface area (Å²) in [6.45, 7) is 14.7. The van der Waals surface area contributed by atoms with Gasteiger partial charge >= 0.3 is 0 Å². The van der Waals surface area contributed by atoms with Crippen LogP contribution in [0.2, 0.25) is 0 Å². The molecule has 0 spiro atoms. The molecule has 4 aliphatic rings. The summed E-state index contributed by atoms with van der Waals surface area (Å²) in [7, 11) is 0. The molecule has 2 heteroatoms. The summed E-state index contributed by atoms with van der Waals surface area (Å²) in [6, 6.07) is 0. The predicted molar refractivity (Wildman–Crippen MR) is 124 cm³/mol. The van der Waals surface area contributed by atoms with Gasteiger partial charge in [0.25, 0.3) is 0 Å².